The molecule has 1 aliphatic rings. The van der Waals surface area contributed by atoms with Gasteiger partial charge in [-0.3, -0.25) is 0 Å². The van der Waals surface area contributed by atoms with Crippen molar-refractivity contribution in [2.24, 2.45) is 0 Å². The summed E-state index contributed by atoms with van der Waals surface area (Å²) >= 11 is 0. The molecule has 134 valence electrons. The van der Waals surface area contributed by atoms with Gasteiger partial charge in [-0.1, -0.05) is 0 Å². The summed E-state index contributed by atoms with van der Waals surface area (Å²) in [5, 5.41) is 7.72. The van der Waals surface area contributed by atoms with Crippen molar-refractivity contribution in [3.05, 3.63) is 72.8 Å². The number of hydrogen-bond acceptors (Lipinski definition) is 4. The fraction of sp³-hybridized carbons (Fsp3) is 0.263. The van der Waals surface area contributed by atoms with Gasteiger partial charge in [0.1, 0.15) is 0 Å². The zero-order valence-corrected chi connectivity index (χ0v) is 15.1. The second-order valence-electron chi connectivity index (χ2n) is 6.44. The molecule has 2 aromatic heterocycles. The fourth-order valence-corrected chi connectivity index (χ4v) is 4.89. The Bertz CT molecular complexity index is 947. The van der Waals surface area contributed by atoms with Crippen LogP contribution in [0.15, 0.2) is 72.1 Å². The maximum Gasteiger partial charge on any atom is 0.243 e. The second kappa shape index (κ2) is 7.01. The van der Waals surface area contributed by atoms with Crippen LogP contribution in [0.3, 0.4) is 0 Å². The van der Waals surface area contributed by atoms with Crippen molar-refractivity contribution in [2.75, 3.05) is 13.1 Å². The first kappa shape index (κ1) is 16.9. The van der Waals surface area contributed by atoms with Crippen LogP contribution in [0, 0.1) is 0 Å². The summed E-state index contributed by atoms with van der Waals surface area (Å²) < 4.78 is 29.4. The van der Waals surface area contributed by atoms with E-state index in [2.05, 4.69) is 10.2 Å². The molecule has 0 N–H and O–H groups in total. The lowest BCUT2D eigenvalue weighted by atomic mass is 9.92. The van der Waals surface area contributed by atoms with E-state index in [0.29, 0.717) is 23.9 Å². The third kappa shape index (κ3) is 3.27. The van der Waals surface area contributed by atoms with Gasteiger partial charge in [-0.15, -0.1) is 0 Å². The van der Waals surface area contributed by atoms with Crippen LogP contribution in [0.25, 0.3) is 5.69 Å². The van der Waals surface area contributed by atoms with Crippen molar-refractivity contribution < 1.29 is 8.42 Å². The quantitative estimate of drug-likeness (QED) is 0.710. The van der Waals surface area contributed by atoms with E-state index in [-0.39, 0.29) is 0 Å². The Morgan fingerprint density at radius 3 is 2.23 bits per heavy atom. The lowest BCUT2D eigenvalue weighted by Gasteiger charge is -2.31. The molecule has 1 aliphatic heterocycles. The van der Waals surface area contributed by atoms with Gasteiger partial charge < -0.3 is 4.57 Å². The van der Waals surface area contributed by atoms with Gasteiger partial charge in [-0.2, -0.15) is 14.5 Å². The SMILES string of the molecule is O=S(=O)(c1ccc(-n2cccc2)cc1)N1CCC(c2ccnnc2)CC1. The molecule has 0 bridgehead atoms. The number of aromatic nitrogens is 3. The van der Waals surface area contributed by atoms with Gasteiger partial charge in [0.15, 0.2) is 0 Å². The van der Waals surface area contributed by atoms with Crippen molar-refractivity contribution in [3.63, 3.8) is 0 Å². The van der Waals surface area contributed by atoms with E-state index < -0.39 is 10.0 Å². The number of benzene rings is 1. The Kier molecular flexibility index (Phi) is 4.57. The van der Waals surface area contributed by atoms with Crippen LogP contribution >= 0.6 is 0 Å². The molecule has 1 fully saturated rings. The third-order valence-corrected chi connectivity index (χ3v) is 6.82. The summed E-state index contributed by atoms with van der Waals surface area (Å²) in [5.74, 6) is 0.341. The zero-order chi connectivity index (χ0) is 18.0. The highest BCUT2D eigenvalue weighted by molar-refractivity contribution is 7.89. The molecular weight excluding hydrogens is 348 g/mol. The lowest BCUT2D eigenvalue weighted by molar-refractivity contribution is 0.319. The van der Waals surface area contributed by atoms with Crippen LogP contribution in [-0.2, 0) is 10.0 Å². The molecule has 0 spiro atoms. The van der Waals surface area contributed by atoms with E-state index in [9.17, 15) is 8.42 Å². The lowest BCUT2D eigenvalue weighted by Crippen LogP contribution is -2.37. The normalized spacial score (nSPS) is 16.6. The van der Waals surface area contributed by atoms with E-state index in [0.717, 1.165) is 24.1 Å². The topological polar surface area (TPSA) is 68.1 Å². The molecule has 0 saturated carbocycles. The second-order valence-corrected chi connectivity index (χ2v) is 8.38. The molecule has 7 heteroatoms. The van der Waals surface area contributed by atoms with Crippen LogP contribution in [0.4, 0.5) is 0 Å². The summed E-state index contributed by atoms with van der Waals surface area (Å²) in [6, 6.07) is 12.9. The number of sulfonamides is 1. The number of hydrogen-bond donors (Lipinski definition) is 0. The summed E-state index contributed by atoms with van der Waals surface area (Å²) in [5.41, 5.74) is 2.07. The maximum atomic E-state index is 12.9. The molecule has 0 amide bonds. The molecule has 3 aromatic rings. The number of rotatable bonds is 4. The van der Waals surface area contributed by atoms with E-state index in [1.54, 1.807) is 28.8 Å². The predicted octanol–water partition coefficient (Wildman–Crippen LogP) is 2.84. The Labute approximate surface area is 153 Å². The first-order valence-electron chi connectivity index (χ1n) is 8.65. The Hall–Kier alpha value is -2.51. The largest absolute Gasteiger partial charge is 0.324 e. The summed E-state index contributed by atoms with van der Waals surface area (Å²) in [6.45, 7) is 1.04. The van der Waals surface area contributed by atoms with Crippen molar-refractivity contribution >= 4 is 10.0 Å². The Balaban J connectivity index is 1.47. The first-order chi connectivity index (χ1) is 12.6. The summed E-state index contributed by atoms with van der Waals surface area (Å²) in [7, 11) is -3.46. The highest BCUT2D eigenvalue weighted by atomic mass is 32.2. The minimum atomic E-state index is -3.46. The molecule has 0 aliphatic carbocycles. The molecule has 3 heterocycles. The van der Waals surface area contributed by atoms with E-state index in [1.165, 1.54) is 0 Å². The molecule has 1 aromatic carbocycles. The molecule has 1 saturated heterocycles. The molecule has 0 atom stereocenters. The number of piperidine rings is 1. The van der Waals surface area contributed by atoms with Crippen molar-refractivity contribution in [2.45, 2.75) is 23.7 Å². The van der Waals surface area contributed by atoms with Crippen LogP contribution in [0.1, 0.15) is 24.3 Å². The zero-order valence-electron chi connectivity index (χ0n) is 14.3. The first-order valence-corrected chi connectivity index (χ1v) is 10.1. The molecule has 0 radical (unpaired) electrons. The van der Waals surface area contributed by atoms with Crippen LogP contribution in [0.5, 0.6) is 0 Å². The van der Waals surface area contributed by atoms with Crippen molar-refractivity contribution in [3.8, 4) is 5.69 Å². The van der Waals surface area contributed by atoms with E-state index in [1.807, 2.05) is 47.3 Å². The Morgan fingerprint density at radius 2 is 1.62 bits per heavy atom. The highest BCUT2D eigenvalue weighted by Gasteiger charge is 2.30. The van der Waals surface area contributed by atoms with Crippen LogP contribution < -0.4 is 0 Å². The van der Waals surface area contributed by atoms with Crippen molar-refractivity contribution in [1.82, 2.24) is 19.1 Å². The summed E-state index contributed by atoms with van der Waals surface area (Å²) in [6.07, 6.45) is 8.92. The molecule has 6 nitrogen and oxygen atoms in total. The summed E-state index contributed by atoms with van der Waals surface area (Å²) in [4.78, 5) is 0.345. The molecular formula is C19H20N4O2S. The Morgan fingerprint density at radius 1 is 0.923 bits per heavy atom. The smallest absolute Gasteiger partial charge is 0.243 e. The standard InChI is InChI=1S/C19H20N4O2S/c24-26(25,19-5-3-18(4-6-19)22-11-1-2-12-22)23-13-8-16(9-14-23)17-7-10-20-21-15-17/h1-7,10-12,15-16H,8-9,13-14H2. The fourth-order valence-electron chi connectivity index (χ4n) is 3.42. The number of nitrogens with zero attached hydrogens (tertiary/aromatic N) is 4. The van der Waals surface area contributed by atoms with Gasteiger partial charge in [0.05, 0.1) is 11.1 Å². The maximum absolute atomic E-state index is 12.9. The average molecular weight is 368 g/mol. The van der Waals surface area contributed by atoms with Crippen LogP contribution in [0.2, 0.25) is 0 Å². The molecule has 26 heavy (non-hydrogen) atoms. The predicted molar refractivity (Wildman–Crippen MR) is 98.5 cm³/mol. The van der Waals surface area contributed by atoms with Gasteiger partial charge in [-0.05, 0) is 66.8 Å². The third-order valence-electron chi connectivity index (χ3n) is 4.91. The molecule has 4 rings (SSSR count). The monoisotopic (exact) mass is 368 g/mol. The van der Waals surface area contributed by atoms with Crippen molar-refractivity contribution in [1.29, 1.82) is 0 Å². The minimum Gasteiger partial charge on any atom is -0.324 e. The highest BCUT2D eigenvalue weighted by Crippen LogP contribution is 2.30. The van der Waals surface area contributed by atoms with Gasteiger partial charge >= 0.3 is 0 Å². The minimum absolute atomic E-state index is 0.341. The van der Waals surface area contributed by atoms with Gasteiger partial charge in [0.25, 0.3) is 0 Å². The van der Waals surface area contributed by atoms with Gasteiger partial charge in [-0.25, -0.2) is 8.42 Å². The van der Waals surface area contributed by atoms with Gasteiger partial charge in [0, 0.05) is 37.4 Å². The van der Waals surface area contributed by atoms with Gasteiger partial charge in [0.2, 0.25) is 10.0 Å². The molecule has 0 unspecified atom stereocenters. The van der Waals surface area contributed by atoms with E-state index in [4.69, 9.17) is 0 Å². The average Bonchev–Trinajstić information content (AvgIpc) is 3.24. The van der Waals surface area contributed by atoms with Crippen LogP contribution in [-0.4, -0.2) is 40.6 Å². The van der Waals surface area contributed by atoms with E-state index >= 15 is 0 Å².